The monoisotopic (exact) mass is 564 g/mol. The van der Waals surface area contributed by atoms with Gasteiger partial charge in [-0.15, -0.1) is 0 Å². The van der Waals surface area contributed by atoms with E-state index in [9.17, 15) is 14.4 Å². The fourth-order valence-electron chi connectivity index (χ4n) is 7.50. The number of carbonyl (C=O) groups excluding carboxylic acids is 3. The van der Waals surface area contributed by atoms with Crippen LogP contribution in [0, 0.1) is 11.8 Å². The van der Waals surface area contributed by atoms with Gasteiger partial charge in [-0.3, -0.25) is 19.3 Å². The van der Waals surface area contributed by atoms with Gasteiger partial charge < -0.3 is 25.0 Å². The second kappa shape index (κ2) is 11.9. The molecule has 1 spiro atoms. The number of morpholine rings is 1. The lowest BCUT2D eigenvalue weighted by molar-refractivity contribution is -0.141. The molecule has 5 atom stereocenters. The van der Waals surface area contributed by atoms with E-state index < -0.39 is 29.6 Å². The van der Waals surface area contributed by atoms with Crippen LogP contribution in [0.4, 0.5) is 5.69 Å². The number of nitrogens with one attached hydrogen (secondary N) is 2. The van der Waals surface area contributed by atoms with Crippen LogP contribution in [0.25, 0.3) is 0 Å². The number of amides is 3. The lowest BCUT2D eigenvalue weighted by Crippen LogP contribution is -2.56. The second-order valence-corrected chi connectivity index (χ2v) is 12.6. The fraction of sp³-hybridized carbons (Fsp3) is 0.656. The van der Waals surface area contributed by atoms with Crippen molar-refractivity contribution in [1.82, 2.24) is 15.1 Å². The summed E-state index contributed by atoms with van der Waals surface area (Å²) in [7, 11) is 0. The molecule has 0 radical (unpaired) electrons. The molecule has 3 amide bonds. The Balaban J connectivity index is 1.22. The third kappa shape index (κ3) is 5.44. The molecule has 4 fully saturated rings. The van der Waals surface area contributed by atoms with E-state index in [2.05, 4.69) is 29.4 Å². The topological polar surface area (TPSA) is 100 Å². The van der Waals surface area contributed by atoms with E-state index in [0.717, 1.165) is 65.0 Å². The highest BCUT2D eigenvalue weighted by atomic mass is 16.5. The third-order valence-electron chi connectivity index (χ3n) is 9.70. The second-order valence-electron chi connectivity index (χ2n) is 12.6. The number of ether oxygens (including phenoxy) is 2. The number of fused-ring (bicyclic) bond motifs is 1. The highest BCUT2D eigenvalue weighted by Gasteiger charge is 2.72. The van der Waals surface area contributed by atoms with Crippen LogP contribution in [0.3, 0.4) is 0 Å². The van der Waals surface area contributed by atoms with Crippen molar-refractivity contribution < 1.29 is 23.9 Å². The maximum atomic E-state index is 14.2. The van der Waals surface area contributed by atoms with Crippen LogP contribution in [0.5, 0.6) is 0 Å². The first-order valence-corrected chi connectivity index (χ1v) is 15.6. The molecular formula is C32H44N4O5. The molecule has 0 aromatic heterocycles. The third-order valence-corrected chi connectivity index (χ3v) is 9.70. The molecule has 1 aromatic carbocycles. The molecule has 9 heteroatoms. The quantitative estimate of drug-likeness (QED) is 0.448. The van der Waals surface area contributed by atoms with Gasteiger partial charge in [-0.25, -0.2) is 0 Å². The summed E-state index contributed by atoms with van der Waals surface area (Å²) in [5.74, 6) is -1.57. The molecule has 6 rings (SSSR count). The lowest BCUT2D eigenvalue weighted by Gasteiger charge is -2.34. The van der Waals surface area contributed by atoms with Crippen molar-refractivity contribution in [2.24, 2.45) is 11.8 Å². The summed E-state index contributed by atoms with van der Waals surface area (Å²) in [6.45, 7) is 8.73. The average Bonchev–Trinajstić information content (AvgIpc) is 3.62. The molecule has 41 heavy (non-hydrogen) atoms. The Kier molecular flexibility index (Phi) is 8.21. The summed E-state index contributed by atoms with van der Waals surface area (Å²) in [4.78, 5) is 45.9. The minimum absolute atomic E-state index is 0.118. The summed E-state index contributed by atoms with van der Waals surface area (Å²) in [5, 5.41) is 6.30. The molecular weight excluding hydrogens is 520 g/mol. The van der Waals surface area contributed by atoms with Gasteiger partial charge in [0.15, 0.2) is 0 Å². The Morgan fingerprint density at radius 3 is 2.46 bits per heavy atom. The Morgan fingerprint density at radius 1 is 1.02 bits per heavy atom. The minimum atomic E-state index is -1.12. The summed E-state index contributed by atoms with van der Waals surface area (Å²) >= 11 is 0. The maximum absolute atomic E-state index is 14.2. The smallest absolute Gasteiger partial charge is 0.246 e. The first-order chi connectivity index (χ1) is 19.9. The van der Waals surface area contributed by atoms with Gasteiger partial charge in [0.2, 0.25) is 17.7 Å². The SMILES string of the molecule is CC(C)c1ccc(NC(=O)[C@@H]2[C@@H]3C=C[C@]4(O3)[C@@H]2C(=O)N(CCCN2CCOCC2)[C@H]4C(=O)NC2CCCCC2)cc1. The molecule has 2 N–H and O–H groups in total. The van der Waals surface area contributed by atoms with Gasteiger partial charge in [-0.05, 0) is 42.9 Å². The molecule has 4 heterocycles. The summed E-state index contributed by atoms with van der Waals surface area (Å²) in [6.07, 6.45) is 9.31. The van der Waals surface area contributed by atoms with Crippen molar-refractivity contribution >= 4 is 23.4 Å². The summed E-state index contributed by atoms with van der Waals surface area (Å²) < 4.78 is 12.0. The van der Waals surface area contributed by atoms with Gasteiger partial charge in [0.25, 0.3) is 0 Å². The van der Waals surface area contributed by atoms with Crippen molar-refractivity contribution in [2.45, 2.75) is 82.1 Å². The lowest BCUT2D eigenvalue weighted by atomic mass is 9.74. The molecule has 1 aromatic rings. The number of likely N-dealkylation sites (tertiary alicyclic amines) is 1. The van der Waals surface area contributed by atoms with Crippen LogP contribution in [0.1, 0.15) is 63.9 Å². The van der Waals surface area contributed by atoms with Gasteiger partial charge in [0.05, 0.1) is 31.2 Å². The van der Waals surface area contributed by atoms with Crippen molar-refractivity contribution in [2.75, 3.05) is 44.7 Å². The molecule has 1 aliphatic carbocycles. The molecule has 1 saturated carbocycles. The zero-order chi connectivity index (χ0) is 28.6. The standard InChI is InChI=1S/C32H44N4O5/c1-21(2)22-9-11-24(12-10-22)33-29(37)26-25-13-14-32(41-25)27(26)31(39)36(16-6-15-35-17-19-40-20-18-35)28(32)30(38)34-23-7-4-3-5-8-23/h9-14,21,23,25-28H,3-8,15-20H2,1-2H3,(H,33,37)(H,34,38)/t25-,26+,27-,28-,32-/m0/s1. The van der Waals surface area contributed by atoms with E-state index >= 15 is 0 Å². The number of anilines is 1. The minimum Gasteiger partial charge on any atom is -0.379 e. The number of benzene rings is 1. The largest absolute Gasteiger partial charge is 0.379 e. The predicted octanol–water partition coefficient (Wildman–Crippen LogP) is 3.07. The van der Waals surface area contributed by atoms with Crippen LogP contribution in [0.2, 0.25) is 0 Å². The van der Waals surface area contributed by atoms with E-state index in [1.807, 2.05) is 36.4 Å². The van der Waals surface area contributed by atoms with Gasteiger partial charge in [-0.2, -0.15) is 0 Å². The van der Waals surface area contributed by atoms with Crippen molar-refractivity contribution in [3.8, 4) is 0 Å². The number of nitrogens with zero attached hydrogens (tertiary/aromatic N) is 2. The van der Waals surface area contributed by atoms with Crippen LogP contribution in [-0.2, 0) is 23.9 Å². The van der Waals surface area contributed by atoms with E-state index in [0.29, 0.717) is 18.2 Å². The predicted molar refractivity (Wildman–Crippen MR) is 155 cm³/mol. The van der Waals surface area contributed by atoms with Crippen LogP contribution in [0.15, 0.2) is 36.4 Å². The Morgan fingerprint density at radius 2 is 1.76 bits per heavy atom. The Hall–Kier alpha value is -2.75. The summed E-state index contributed by atoms with van der Waals surface area (Å²) in [5.41, 5.74) is 0.765. The maximum Gasteiger partial charge on any atom is 0.246 e. The number of hydrogen-bond donors (Lipinski definition) is 2. The van der Waals surface area contributed by atoms with Crippen LogP contribution >= 0.6 is 0 Å². The first-order valence-electron chi connectivity index (χ1n) is 15.6. The molecule has 3 saturated heterocycles. The Labute approximate surface area is 243 Å². The van der Waals surface area contributed by atoms with E-state index in [4.69, 9.17) is 9.47 Å². The van der Waals surface area contributed by atoms with E-state index in [1.54, 1.807) is 4.90 Å². The van der Waals surface area contributed by atoms with Gasteiger partial charge in [0.1, 0.15) is 11.6 Å². The summed E-state index contributed by atoms with van der Waals surface area (Å²) in [6, 6.07) is 7.18. The van der Waals surface area contributed by atoms with Crippen molar-refractivity contribution in [3.63, 3.8) is 0 Å². The average molecular weight is 565 g/mol. The molecule has 5 aliphatic rings. The van der Waals surface area contributed by atoms with Crippen molar-refractivity contribution in [1.29, 1.82) is 0 Å². The Bertz CT molecular complexity index is 1160. The fourth-order valence-corrected chi connectivity index (χ4v) is 7.50. The van der Waals surface area contributed by atoms with Crippen molar-refractivity contribution in [3.05, 3.63) is 42.0 Å². The van der Waals surface area contributed by atoms with Crippen LogP contribution in [-0.4, -0.2) is 90.7 Å². The zero-order valence-electron chi connectivity index (χ0n) is 24.3. The molecule has 222 valence electrons. The highest BCUT2D eigenvalue weighted by molar-refractivity contribution is 6.02. The molecule has 4 aliphatic heterocycles. The first kappa shape index (κ1) is 28.4. The molecule has 0 unspecified atom stereocenters. The molecule has 9 nitrogen and oxygen atoms in total. The zero-order valence-corrected chi connectivity index (χ0v) is 24.3. The van der Waals surface area contributed by atoms with E-state index in [-0.39, 0.29) is 23.8 Å². The number of hydrogen-bond acceptors (Lipinski definition) is 6. The van der Waals surface area contributed by atoms with Crippen LogP contribution < -0.4 is 10.6 Å². The van der Waals surface area contributed by atoms with E-state index in [1.165, 1.54) is 12.0 Å². The number of rotatable bonds is 9. The number of carbonyl (C=O) groups is 3. The normalized spacial score (nSPS) is 31.6. The highest BCUT2D eigenvalue weighted by Crippen LogP contribution is 2.55. The van der Waals surface area contributed by atoms with Gasteiger partial charge in [-0.1, -0.05) is 57.4 Å². The van der Waals surface area contributed by atoms with Gasteiger partial charge in [0, 0.05) is 37.9 Å². The molecule has 2 bridgehead atoms. The van der Waals surface area contributed by atoms with Gasteiger partial charge >= 0.3 is 0 Å².